The van der Waals surface area contributed by atoms with Gasteiger partial charge in [0.1, 0.15) is 6.54 Å². The second kappa shape index (κ2) is 7.98. The maximum atomic E-state index is 12.8. The van der Waals surface area contributed by atoms with E-state index < -0.39 is 23.8 Å². The van der Waals surface area contributed by atoms with Crippen LogP contribution in [0.15, 0.2) is 15.9 Å². The average Bonchev–Trinajstić information content (AvgIpc) is 3.15. The number of nitrogens with zero attached hydrogens (tertiary/aromatic N) is 4. The Labute approximate surface area is 178 Å². The third-order valence-electron chi connectivity index (χ3n) is 6.16. The van der Waals surface area contributed by atoms with Crippen LogP contribution in [-0.2, 0) is 30.2 Å². The number of esters is 1. The van der Waals surface area contributed by atoms with Crippen molar-refractivity contribution in [2.45, 2.75) is 41.2 Å². The molecule has 0 atom stereocenters. The van der Waals surface area contributed by atoms with Gasteiger partial charge in [-0.15, -0.1) is 0 Å². The van der Waals surface area contributed by atoms with Crippen LogP contribution in [0.5, 0.6) is 0 Å². The summed E-state index contributed by atoms with van der Waals surface area (Å²) in [4.78, 5) is 53.8. The molecule has 9 heteroatoms. The summed E-state index contributed by atoms with van der Waals surface area (Å²) < 4.78 is 8.71. The second-order valence-corrected chi connectivity index (χ2v) is 7.83. The molecule has 0 saturated carbocycles. The molecule has 0 amide bonds. The Balaban J connectivity index is 1.82. The minimum atomic E-state index is -0.681. The summed E-state index contributed by atoms with van der Waals surface area (Å²) in [7, 11) is 2.85. The van der Waals surface area contributed by atoms with Gasteiger partial charge in [0.15, 0.2) is 17.8 Å². The molecule has 0 saturated heterocycles. The predicted octanol–water partition coefficient (Wildman–Crippen LogP) is 1.40. The molecule has 0 aliphatic carbocycles. The lowest BCUT2D eigenvalue weighted by Crippen LogP contribution is -2.37. The first kappa shape index (κ1) is 22.2. The lowest BCUT2D eigenvalue weighted by molar-refractivity contribution is -0.143. The molecule has 2 heterocycles. The molecule has 0 unspecified atom stereocenters. The maximum Gasteiger partial charge on any atom is 0.332 e. The Morgan fingerprint density at radius 2 is 1.45 bits per heavy atom. The molecule has 0 aliphatic heterocycles. The fraction of sp³-hybridized carbons (Fsp3) is 0.409. The van der Waals surface area contributed by atoms with E-state index in [4.69, 9.17) is 4.74 Å². The number of hydrogen-bond acceptors (Lipinski definition) is 6. The number of ketones is 1. The van der Waals surface area contributed by atoms with E-state index in [9.17, 15) is 19.2 Å². The van der Waals surface area contributed by atoms with Crippen molar-refractivity contribution < 1.29 is 14.3 Å². The number of imidazole rings is 1. The molecule has 1 aromatic carbocycles. The van der Waals surface area contributed by atoms with Gasteiger partial charge in [0.25, 0.3) is 5.56 Å². The first-order chi connectivity index (χ1) is 14.5. The van der Waals surface area contributed by atoms with Crippen LogP contribution in [0, 0.1) is 34.6 Å². The van der Waals surface area contributed by atoms with Crippen molar-refractivity contribution in [1.29, 1.82) is 0 Å². The monoisotopic (exact) mass is 426 g/mol. The van der Waals surface area contributed by atoms with Crippen molar-refractivity contribution >= 4 is 22.9 Å². The van der Waals surface area contributed by atoms with Crippen LogP contribution >= 0.6 is 0 Å². The van der Waals surface area contributed by atoms with Crippen molar-refractivity contribution in [3.8, 4) is 0 Å². The van der Waals surface area contributed by atoms with Crippen molar-refractivity contribution in [2.24, 2.45) is 14.1 Å². The molecule has 9 nitrogen and oxygen atoms in total. The van der Waals surface area contributed by atoms with Gasteiger partial charge in [-0.2, -0.15) is 0 Å². The zero-order valence-electron chi connectivity index (χ0n) is 18.8. The molecule has 0 aliphatic rings. The number of aryl methyl sites for hydroxylation is 1. The number of rotatable bonds is 5. The van der Waals surface area contributed by atoms with Gasteiger partial charge in [0.05, 0.1) is 6.33 Å². The quantitative estimate of drug-likeness (QED) is 0.451. The van der Waals surface area contributed by atoms with Gasteiger partial charge in [-0.25, -0.2) is 9.78 Å². The Morgan fingerprint density at radius 3 is 2.03 bits per heavy atom. The maximum absolute atomic E-state index is 12.8. The standard InChI is InChI=1S/C22H26N4O5/c1-11-12(2)14(4)18(15(5)13(11)3)16(27)9-31-17(28)8-26-10-23-20-19(26)21(29)25(7)22(30)24(20)6/h10H,8-9H2,1-7H3. The molecule has 164 valence electrons. The second-order valence-electron chi connectivity index (χ2n) is 7.83. The zero-order valence-corrected chi connectivity index (χ0v) is 18.8. The van der Waals surface area contributed by atoms with E-state index in [-0.39, 0.29) is 23.5 Å². The molecule has 2 aromatic heterocycles. The average molecular weight is 426 g/mol. The van der Waals surface area contributed by atoms with E-state index >= 15 is 0 Å². The van der Waals surface area contributed by atoms with Crippen LogP contribution in [-0.4, -0.2) is 37.0 Å². The largest absolute Gasteiger partial charge is 0.456 e. The van der Waals surface area contributed by atoms with E-state index in [1.165, 1.54) is 29.6 Å². The Bertz CT molecular complexity index is 1330. The van der Waals surface area contributed by atoms with Gasteiger partial charge in [-0.1, -0.05) is 0 Å². The first-order valence-corrected chi connectivity index (χ1v) is 9.84. The number of fused-ring (bicyclic) bond motifs is 1. The number of aromatic nitrogens is 4. The lowest BCUT2D eigenvalue weighted by atomic mass is 9.88. The van der Waals surface area contributed by atoms with Crippen LogP contribution in [0.2, 0.25) is 0 Å². The fourth-order valence-corrected chi connectivity index (χ4v) is 3.84. The number of carbonyl (C=O) groups is 2. The topological polar surface area (TPSA) is 105 Å². The number of benzene rings is 1. The molecular weight excluding hydrogens is 400 g/mol. The lowest BCUT2D eigenvalue weighted by Gasteiger charge is -2.17. The van der Waals surface area contributed by atoms with Crippen LogP contribution < -0.4 is 11.2 Å². The number of Topliss-reactive ketones (excluding diaryl/α,β-unsaturated/α-hetero) is 1. The smallest absolute Gasteiger partial charge is 0.332 e. The number of ether oxygens (including phenoxy) is 1. The van der Waals surface area contributed by atoms with Gasteiger partial charge in [-0.3, -0.25) is 23.5 Å². The summed E-state index contributed by atoms with van der Waals surface area (Å²) in [6.45, 7) is 9.04. The summed E-state index contributed by atoms with van der Waals surface area (Å²) in [5.74, 6) is -0.956. The molecule has 31 heavy (non-hydrogen) atoms. The van der Waals surface area contributed by atoms with Crippen molar-refractivity contribution in [1.82, 2.24) is 18.7 Å². The Morgan fingerprint density at radius 1 is 0.903 bits per heavy atom. The van der Waals surface area contributed by atoms with E-state index in [1.54, 1.807) is 0 Å². The summed E-state index contributed by atoms with van der Waals surface area (Å²) in [6.07, 6.45) is 1.30. The van der Waals surface area contributed by atoms with Crippen molar-refractivity contribution in [3.05, 3.63) is 60.5 Å². The van der Waals surface area contributed by atoms with Gasteiger partial charge < -0.3 is 9.30 Å². The highest BCUT2D eigenvalue weighted by Gasteiger charge is 2.21. The molecule has 0 N–H and O–H groups in total. The van der Waals surface area contributed by atoms with Crippen molar-refractivity contribution in [2.75, 3.05) is 6.61 Å². The highest BCUT2D eigenvalue weighted by Crippen LogP contribution is 2.26. The molecule has 3 rings (SSSR count). The highest BCUT2D eigenvalue weighted by molar-refractivity contribution is 6.01. The Kier molecular flexibility index (Phi) is 5.71. The highest BCUT2D eigenvalue weighted by atomic mass is 16.5. The van der Waals surface area contributed by atoms with Gasteiger partial charge >= 0.3 is 11.7 Å². The molecule has 0 radical (unpaired) electrons. The van der Waals surface area contributed by atoms with Crippen LogP contribution in [0.4, 0.5) is 0 Å². The van der Waals surface area contributed by atoms with Crippen LogP contribution in [0.3, 0.4) is 0 Å². The third-order valence-corrected chi connectivity index (χ3v) is 6.16. The molecule has 0 fully saturated rings. The van der Waals surface area contributed by atoms with E-state index in [2.05, 4.69) is 4.98 Å². The van der Waals surface area contributed by atoms with Gasteiger partial charge in [0, 0.05) is 19.7 Å². The molecule has 0 bridgehead atoms. The normalized spacial score (nSPS) is 11.2. The van der Waals surface area contributed by atoms with Crippen LogP contribution in [0.1, 0.15) is 38.2 Å². The van der Waals surface area contributed by atoms with E-state index in [0.717, 1.165) is 32.4 Å². The summed E-state index contributed by atoms with van der Waals surface area (Å²) in [5.41, 5.74) is 4.79. The Hall–Kier alpha value is -3.49. The zero-order chi connectivity index (χ0) is 23.2. The number of hydrogen-bond donors (Lipinski definition) is 0. The predicted molar refractivity (Wildman–Crippen MR) is 116 cm³/mol. The van der Waals surface area contributed by atoms with Crippen LogP contribution in [0.25, 0.3) is 11.2 Å². The molecular formula is C22H26N4O5. The first-order valence-electron chi connectivity index (χ1n) is 9.84. The summed E-state index contributed by atoms with van der Waals surface area (Å²) in [5, 5.41) is 0. The minimum absolute atomic E-state index is 0.115. The molecule has 3 aromatic rings. The van der Waals surface area contributed by atoms with Gasteiger partial charge in [-0.05, 0) is 62.4 Å². The van der Waals surface area contributed by atoms with Crippen molar-refractivity contribution in [3.63, 3.8) is 0 Å². The van der Waals surface area contributed by atoms with E-state index in [1.807, 2.05) is 34.6 Å². The summed E-state index contributed by atoms with van der Waals surface area (Å²) in [6, 6.07) is 0. The fourth-order valence-electron chi connectivity index (χ4n) is 3.84. The molecule has 0 spiro atoms. The number of carbonyl (C=O) groups excluding carboxylic acids is 2. The van der Waals surface area contributed by atoms with E-state index in [0.29, 0.717) is 5.56 Å². The third kappa shape index (κ3) is 3.60. The SMILES string of the molecule is Cc1c(C)c(C)c(C(=O)COC(=O)Cn2cnc3c2c(=O)n(C)c(=O)n3C)c(C)c1C. The minimum Gasteiger partial charge on any atom is -0.456 e. The van der Waals surface area contributed by atoms with Gasteiger partial charge in [0.2, 0.25) is 5.78 Å². The summed E-state index contributed by atoms with van der Waals surface area (Å²) >= 11 is 0.